The lowest BCUT2D eigenvalue weighted by Gasteiger charge is -2.40. The maximum absolute atomic E-state index is 14.5. The third-order valence-corrected chi connectivity index (χ3v) is 12.7. The van der Waals surface area contributed by atoms with Crippen molar-refractivity contribution in [3.8, 4) is 5.75 Å². The molecule has 0 spiro atoms. The third kappa shape index (κ3) is 7.18. The Morgan fingerprint density at radius 3 is 1.89 bits per heavy atom. The maximum atomic E-state index is 14.5. The van der Waals surface area contributed by atoms with Crippen LogP contribution in [-0.4, -0.2) is 27.6 Å². The number of aryl methyl sites for hydroxylation is 1. The van der Waals surface area contributed by atoms with Crippen LogP contribution >= 0.6 is 22.1 Å². The Hall–Kier alpha value is -4.03. The van der Waals surface area contributed by atoms with Crippen molar-refractivity contribution in [2.75, 3.05) is 13.4 Å². The summed E-state index contributed by atoms with van der Waals surface area (Å²) in [5, 5.41) is 0. The van der Waals surface area contributed by atoms with Gasteiger partial charge in [-0.3, -0.25) is 4.79 Å². The van der Waals surface area contributed by atoms with E-state index in [2.05, 4.69) is 0 Å². The number of alkyl halides is 3. The summed E-state index contributed by atoms with van der Waals surface area (Å²) in [6.45, 7) is 1.86. The van der Waals surface area contributed by atoms with Gasteiger partial charge in [0.05, 0.1) is 18.9 Å². The number of halogens is 3. The molecule has 0 bridgehead atoms. The number of carbonyl (C=O) groups excluding carboxylic acids is 1. The van der Waals surface area contributed by atoms with Crippen LogP contribution in [0.1, 0.15) is 27.0 Å². The number of hydrogen-bond acceptors (Lipinski definition) is 6. The van der Waals surface area contributed by atoms with E-state index >= 15 is 0 Å². The predicted molar refractivity (Wildman–Crippen MR) is 174 cm³/mol. The van der Waals surface area contributed by atoms with Crippen LogP contribution in [-0.2, 0) is 19.9 Å². The lowest BCUT2D eigenvalue weighted by Crippen LogP contribution is -2.17. The van der Waals surface area contributed by atoms with Gasteiger partial charge >= 0.3 is 6.18 Å². The van der Waals surface area contributed by atoms with Crippen LogP contribution < -0.4 is 4.74 Å². The monoisotopic (exact) mass is 682 g/mol. The molecule has 0 aliphatic carbocycles. The zero-order chi connectivity index (χ0) is 33.1. The molecule has 1 unspecified atom stereocenters. The van der Waals surface area contributed by atoms with E-state index in [4.69, 9.17) is 8.37 Å². The second kappa shape index (κ2) is 13.4. The van der Waals surface area contributed by atoms with Gasteiger partial charge in [0.25, 0.3) is 10.1 Å². The molecule has 0 heterocycles. The maximum Gasteiger partial charge on any atom is 0.417 e. The number of rotatable bonds is 10. The van der Waals surface area contributed by atoms with Gasteiger partial charge in [-0.25, -0.2) is 3.63 Å². The second-order valence-electron chi connectivity index (χ2n) is 10.2. The molecule has 5 aromatic rings. The molecule has 0 aromatic heterocycles. The molecule has 5 nitrogen and oxygen atoms in total. The van der Waals surface area contributed by atoms with E-state index in [1.54, 1.807) is 60.7 Å². The van der Waals surface area contributed by atoms with Crippen LogP contribution in [0.15, 0.2) is 146 Å². The van der Waals surface area contributed by atoms with Crippen LogP contribution in [0.5, 0.6) is 5.75 Å². The average Bonchev–Trinajstić information content (AvgIpc) is 3.04. The number of ketones is 1. The predicted octanol–water partition coefficient (Wildman–Crippen LogP) is 9.58. The van der Waals surface area contributed by atoms with Gasteiger partial charge in [0, 0.05) is 35.6 Å². The minimum Gasteiger partial charge on any atom is -0.497 e. The zero-order valence-corrected chi connectivity index (χ0v) is 27.4. The first kappa shape index (κ1) is 33.3. The lowest BCUT2D eigenvalue weighted by molar-refractivity contribution is -0.139. The first-order valence-corrected chi connectivity index (χ1v) is 18.0. The van der Waals surface area contributed by atoms with E-state index in [0.717, 1.165) is 27.7 Å². The molecule has 0 aliphatic rings. The van der Waals surface area contributed by atoms with Crippen molar-refractivity contribution >= 4 is 38.0 Å². The van der Waals surface area contributed by atoms with E-state index in [1.807, 2.05) is 31.2 Å². The van der Waals surface area contributed by atoms with Crippen molar-refractivity contribution in [3.05, 3.63) is 144 Å². The minimum absolute atomic E-state index is 0.106. The highest BCUT2D eigenvalue weighted by Crippen LogP contribution is 2.71. The SMILES string of the molecule is COc1ccc(S(OS(C)(=O)=O)(c2ccc(Sc3ccc(C)c(C(=O)c4ccccc4)c3)cc2)c2ccccc2C(F)(F)F)cc1. The van der Waals surface area contributed by atoms with Crippen LogP contribution in [0.4, 0.5) is 13.2 Å². The summed E-state index contributed by atoms with van der Waals surface area (Å²) < 4.78 is 80.1. The molecular formula is C35H29F3O5S3. The number of hydrogen-bond donors (Lipinski definition) is 0. The fraction of sp³-hybridized carbons (Fsp3) is 0.114. The summed E-state index contributed by atoms with van der Waals surface area (Å²) in [6.07, 6.45) is -3.97. The Morgan fingerprint density at radius 1 is 0.739 bits per heavy atom. The quantitative estimate of drug-likeness (QED) is 0.137. The van der Waals surface area contributed by atoms with Crippen molar-refractivity contribution in [1.29, 1.82) is 0 Å². The van der Waals surface area contributed by atoms with Crippen LogP contribution in [0.3, 0.4) is 0 Å². The zero-order valence-electron chi connectivity index (χ0n) is 24.9. The first-order chi connectivity index (χ1) is 21.8. The molecule has 0 radical (unpaired) electrons. The fourth-order valence-electron chi connectivity index (χ4n) is 4.90. The summed E-state index contributed by atoms with van der Waals surface area (Å²) >= 11 is 1.36. The van der Waals surface area contributed by atoms with Gasteiger partial charge in [0.15, 0.2) is 5.78 Å². The van der Waals surface area contributed by atoms with Crippen molar-refractivity contribution in [2.24, 2.45) is 0 Å². The molecule has 5 rings (SSSR count). The molecule has 0 amide bonds. The minimum atomic E-state index is -4.79. The van der Waals surface area contributed by atoms with Gasteiger partial charge in [-0.15, -0.1) is 0 Å². The molecule has 0 N–H and O–H groups in total. The van der Waals surface area contributed by atoms with Gasteiger partial charge in [-0.1, -0.05) is 60.3 Å². The van der Waals surface area contributed by atoms with Gasteiger partial charge in [0.2, 0.25) is 0 Å². The van der Waals surface area contributed by atoms with Crippen LogP contribution in [0, 0.1) is 6.92 Å². The average molecular weight is 683 g/mol. The molecule has 0 saturated heterocycles. The third-order valence-electron chi connectivity index (χ3n) is 7.00. The first-order valence-electron chi connectivity index (χ1n) is 13.8. The number of benzene rings is 5. The van der Waals surface area contributed by atoms with Crippen molar-refractivity contribution in [2.45, 2.75) is 37.6 Å². The topological polar surface area (TPSA) is 69.7 Å². The summed E-state index contributed by atoms with van der Waals surface area (Å²) in [5.41, 5.74) is 0.946. The van der Waals surface area contributed by atoms with E-state index in [0.29, 0.717) is 16.9 Å². The smallest absolute Gasteiger partial charge is 0.417 e. The summed E-state index contributed by atoms with van der Waals surface area (Å²) in [6, 6.07) is 32.1. The highest BCUT2D eigenvalue weighted by molar-refractivity contribution is 8.33. The summed E-state index contributed by atoms with van der Waals surface area (Å²) in [4.78, 5) is 14.9. The lowest BCUT2D eigenvalue weighted by atomic mass is 9.99. The largest absolute Gasteiger partial charge is 0.497 e. The molecule has 238 valence electrons. The standard InChI is InChI=1S/C35H29F3O5S3/c1-24-13-16-28(23-31(24)34(39)25-9-5-4-6-10-25)44-27-17-21-30(22-18-27)46(43-45(3,40)41,29-19-14-26(42-2)15-20-29)33-12-8-7-11-32(33)35(36,37)38/h4-23H,1-3H3. The van der Waals surface area contributed by atoms with Crippen molar-refractivity contribution in [3.63, 3.8) is 0 Å². The van der Waals surface area contributed by atoms with E-state index < -0.39 is 32.2 Å². The highest BCUT2D eigenvalue weighted by Gasteiger charge is 2.44. The van der Waals surface area contributed by atoms with E-state index in [-0.39, 0.29) is 20.5 Å². The Bertz CT molecular complexity index is 1960. The molecule has 0 fully saturated rings. The molecule has 11 heteroatoms. The van der Waals surface area contributed by atoms with Crippen LogP contribution in [0.25, 0.3) is 0 Å². The van der Waals surface area contributed by atoms with Gasteiger partial charge in [0.1, 0.15) is 5.75 Å². The Morgan fingerprint density at radius 2 is 1.30 bits per heavy atom. The normalized spacial score (nSPS) is 13.9. The Kier molecular flexibility index (Phi) is 9.69. The molecule has 1 atom stereocenters. The Labute approximate surface area is 272 Å². The van der Waals surface area contributed by atoms with Crippen molar-refractivity contribution < 1.29 is 34.7 Å². The van der Waals surface area contributed by atoms with E-state index in [1.165, 1.54) is 49.2 Å². The highest BCUT2D eigenvalue weighted by atomic mass is 32.3. The van der Waals surface area contributed by atoms with Crippen LogP contribution in [0.2, 0.25) is 0 Å². The van der Waals surface area contributed by atoms with Gasteiger partial charge in [-0.2, -0.15) is 21.6 Å². The number of methoxy groups -OCH3 is 1. The number of ether oxygens (including phenoxy) is 1. The van der Waals surface area contributed by atoms with Crippen molar-refractivity contribution in [1.82, 2.24) is 0 Å². The molecule has 0 saturated carbocycles. The molecule has 0 aliphatic heterocycles. The molecule has 46 heavy (non-hydrogen) atoms. The number of carbonyl (C=O) groups is 1. The van der Waals surface area contributed by atoms with Gasteiger partial charge < -0.3 is 4.74 Å². The summed E-state index contributed by atoms with van der Waals surface area (Å²) in [5.74, 6) is 0.334. The second-order valence-corrected chi connectivity index (χ2v) is 15.8. The van der Waals surface area contributed by atoms with Gasteiger partial charge in [-0.05, 0) is 95.6 Å². The summed E-state index contributed by atoms with van der Waals surface area (Å²) in [7, 11) is -6.34. The van der Waals surface area contributed by atoms with E-state index in [9.17, 15) is 26.4 Å². The molecular weight excluding hydrogens is 654 g/mol. The molecule has 5 aromatic carbocycles. The fourth-order valence-corrected chi connectivity index (χ4v) is 10.7. The Balaban J connectivity index is 1.62.